The normalized spacial score (nSPS) is 25.8. The third-order valence-corrected chi connectivity index (χ3v) is 5.04. The molecule has 0 heterocycles. The second-order valence-electron chi connectivity index (χ2n) is 7.32. The maximum Gasteiger partial charge on any atom is 0.317 e. The molecule has 1 saturated carbocycles. The van der Waals surface area contributed by atoms with E-state index in [0.29, 0.717) is 17.9 Å². The van der Waals surface area contributed by atoms with Gasteiger partial charge < -0.3 is 19.3 Å². The molecule has 0 aliphatic heterocycles. The molecule has 1 fully saturated rings. The van der Waals surface area contributed by atoms with Crippen LogP contribution in [0.3, 0.4) is 0 Å². The van der Waals surface area contributed by atoms with Crippen LogP contribution in [0.25, 0.3) is 0 Å². The largest absolute Gasteiger partial charge is 0.494 e. The molecule has 1 aromatic carbocycles. The number of hydrogen-bond acceptors (Lipinski definition) is 7. The lowest BCUT2D eigenvalue weighted by atomic mass is 9.61. The maximum atomic E-state index is 12.9. The minimum absolute atomic E-state index is 0.0546. The summed E-state index contributed by atoms with van der Waals surface area (Å²) in [5, 5.41) is 11.0. The zero-order valence-electron chi connectivity index (χ0n) is 17.3. The molecule has 4 atom stereocenters. The molecule has 7 nitrogen and oxygen atoms in total. The van der Waals surface area contributed by atoms with Gasteiger partial charge in [-0.25, -0.2) is 0 Å². The predicted molar refractivity (Wildman–Crippen MR) is 110 cm³/mol. The van der Waals surface area contributed by atoms with E-state index < -0.39 is 41.1 Å². The van der Waals surface area contributed by atoms with Gasteiger partial charge in [0.15, 0.2) is 5.78 Å². The van der Waals surface area contributed by atoms with Crippen molar-refractivity contribution >= 4 is 17.7 Å². The topological polar surface area (TPSA) is 99.1 Å². The number of Topliss-reactive ketones (excluding diaryl/α,β-unsaturated/α-hetero) is 1. The van der Waals surface area contributed by atoms with Crippen molar-refractivity contribution < 1.29 is 33.7 Å². The molecule has 0 radical (unpaired) electrons. The van der Waals surface area contributed by atoms with Crippen molar-refractivity contribution in [2.75, 3.05) is 19.8 Å². The first kappa shape index (κ1) is 23.3. The van der Waals surface area contributed by atoms with E-state index >= 15 is 0 Å². The zero-order chi connectivity index (χ0) is 22.3. The van der Waals surface area contributed by atoms with E-state index in [9.17, 15) is 19.5 Å². The van der Waals surface area contributed by atoms with Gasteiger partial charge in [-0.3, -0.25) is 14.4 Å². The van der Waals surface area contributed by atoms with Crippen molar-refractivity contribution in [3.05, 3.63) is 55.1 Å². The fourth-order valence-corrected chi connectivity index (χ4v) is 3.83. The number of ketones is 1. The van der Waals surface area contributed by atoms with Gasteiger partial charge in [-0.1, -0.05) is 37.4 Å². The van der Waals surface area contributed by atoms with E-state index in [2.05, 4.69) is 13.2 Å². The Labute approximate surface area is 176 Å². The van der Waals surface area contributed by atoms with Crippen LogP contribution in [0.4, 0.5) is 0 Å². The number of ether oxygens (including phenoxy) is 3. The molecule has 30 heavy (non-hydrogen) atoms. The Bertz CT molecular complexity index is 794. The number of carbonyl (C=O) groups is 3. The molecule has 0 aromatic heterocycles. The van der Waals surface area contributed by atoms with E-state index in [1.807, 2.05) is 6.92 Å². The van der Waals surface area contributed by atoms with Crippen LogP contribution in [0, 0.1) is 11.8 Å². The second kappa shape index (κ2) is 10.2. The number of hydrogen-bond donors (Lipinski definition) is 1. The predicted octanol–water partition coefficient (Wildman–Crippen LogP) is 2.58. The standard InChI is InChI=1S/C23H28O7/c1-5-12-29-21(25)19-17(24)14-23(4,27)20(22(26)30-13-6-2)18(19)15-8-10-16(11-9-15)28-7-3/h5-6,8-11,18-20,27H,1-2,7,12-14H2,3-4H3/t18-,19-,20-,23+/m0/s1. The van der Waals surface area contributed by atoms with E-state index in [1.54, 1.807) is 24.3 Å². The Balaban J connectivity index is 2.55. The van der Waals surface area contributed by atoms with Gasteiger partial charge >= 0.3 is 11.9 Å². The summed E-state index contributed by atoms with van der Waals surface area (Å²) in [7, 11) is 0. The smallest absolute Gasteiger partial charge is 0.317 e. The van der Waals surface area contributed by atoms with Crippen molar-refractivity contribution in [2.24, 2.45) is 11.8 Å². The molecule has 0 unspecified atom stereocenters. The van der Waals surface area contributed by atoms with Crippen LogP contribution >= 0.6 is 0 Å². The summed E-state index contributed by atoms with van der Waals surface area (Å²) in [4.78, 5) is 38.5. The van der Waals surface area contributed by atoms with Gasteiger partial charge in [0.05, 0.1) is 18.1 Å². The third-order valence-electron chi connectivity index (χ3n) is 5.04. The van der Waals surface area contributed by atoms with Crippen LogP contribution in [0.2, 0.25) is 0 Å². The molecule has 162 valence electrons. The molecular formula is C23H28O7. The van der Waals surface area contributed by atoms with Crippen LogP contribution in [-0.4, -0.2) is 48.3 Å². The molecule has 0 saturated heterocycles. The van der Waals surface area contributed by atoms with Crippen molar-refractivity contribution in [1.29, 1.82) is 0 Å². The van der Waals surface area contributed by atoms with Gasteiger partial charge in [-0.05, 0) is 31.5 Å². The van der Waals surface area contributed by atoms with Crippen LogP contribution in [0.15, 0.2) is 49.6 Å². The van der Waals surface area contributed by atoms with Gasteiger partial charge in [0, 0.05) is 12.3 Å². The fraction of sp³-hybridized carbons (Fsp3) is 0.435. The monoisotopic (exact) mass is 416 g/mol. The molecule has 1 aliphatic carbocycles. The highest BCUT2D eigenvalue weighted by Crippen LogP contribution is 2.47. The van der Waals surface area contributed by atoms with E-state index in [-0.39, 0.29) is 19.6 Å². The highest BCUT2D eigenvalue weighted by Gasteiger charge is 2.57. The van der Waals surface area contributed by atoms with Gasteiger partial charge in [-0.15, -0.1) is 0 Å². The maximum absolute atomic E-state index is 12.9. The Hall–Kier alpha value is -2.93. The van der Waals surface area contributed by atoms with E-state index in [0.717, 1.165) is 0 Å². The summed E-state index contributed by atoms with van der Waals surface area (Å²) in [5.41, 5.74) is -1.18. The Morgan fingerprint density at radius 3 is 2.23 bits per heavy atom. The highest BCUT2D eigenvalue weighted by molar-refractivity contribution is 6.02. The van der Waals surface area contributed by atoms with Crippen LogP contribution < -0.4 is 4.74 Å². The molecule has 7 heteroatoms. The molecule has 1 aromatic rings. The van der Waals surface area contributed by atoms with Crippen molar-refractivity contribution in [3.8, 4) is 5.75 Å². The van der Waals surface area contributed by atoms with Crippen molar-refractivity contribution in [1.82, 2.24) is 0 Å². The zero-order valence-corrected chi connectivity index (χ0v) is 17.3. The Morgan fingerprint density at radius 1 is 1.13 bits per heavy atom. The first-order valence-corrected chi connectivity index (χ1v) is 9.79. The summed E-state index contributed by atoms with van der Waals surface area (Å²) < 4.78 is 15.8. The molecular weight excluding hydrogens is 388 g/mol. The minimum Gasteiger partial charge on any atom is -0.494 e. The third kappa shape index (κ3) is 5.16. The second-order valence-corrected chi connectivity index (χ2v) is 7.32. The molecule has 0 spiro atoms. The summed E-state index contributed by atoms with van der Waals surface area (Å²) in [6.07, 6.45) is 2.42. The summed E-state index contributed by atoms with van der Waals surface area (Å²) in [6, 6.07) is 6.72. The van der Waals surface area contributed by atoms with Crippen LogP contribution in [-0.2, 0) is 23.9 Å². The Kier molecular flexibility index (Phi) is 7.94. The van der Waals surface area contributed by atoms with Crippen molar-refractivity contribution in [3.63, 3.8) is 0 Å². The summed E-state index contributed by atoms with van der Waals surface area (Å²) in [6.45, 7) is 10.6. The molecule has 0 bridgehead atoms. The average Bonchev–Trinajstić information content (AvgIpc) is 2.70. The lowest BCUT2D eigenvalue weighted by Gasteiger charge is -2.43. The number of carbonyl (C=O) groups excluding carboxylic acids is 3. The number of esters is 2. The van der Waals surface area contributed by atoms with E-state index in [4.69, 9.17) is 14.2 Å². The van der Waals surface area contributed by atoms with Gasteiger partial charge in [0.2, 0.25) is 0 Å². The molecule has 1 N–H and O–H groups in total. The molecule has 1 aliphatic rings. The van der Waals surface area contributed by atoms with Gasteiger partial charge in [0.1, 0.15) is 24.9 Å². The number of aliphatic hydroxyl groups is 1. The van der Waals surface area contributed by atoms with Crippen molar-refractivity contribution in [2.45, 2.75) is 31.8 Å². The molecule has 2 rings (SSSR count). The first-order chi connectivity index (χ1) is 14.3. The fourth-order valence-electron chi connectivity index (χ4n) is 3.83. The quantitative estimate of drug-likeness (QED) is 0.375. The van der Waals surface area contributed by atoms with E-state index in [1.165, 1.54) is 19.1 Å². The summed E-state index contributed by atoms with van der Waals surface area (Å²) in [5.74, 6) is -4.76. The summed E-state index contributed by atoms with van der Waals surface area (Å²) >= 11 is 0. The Morgan fingerprint density at radius 2 is 1.70 bits per heavy atom. The molecule has 0 amide bonds. The first-order valence-electron chi connectivity index (χ1n) is 9.79. The van der Waals surface area contributed by atoms with Crippen LogP contribution in [0.1, 0.15) is 31.7 Å². The van der Waals surface area contributed by atoms with Gasteiger partial charge in [-0.2, -0.15) is 0 Å². The van der Waals surface area contributed by atoms with Crippen LogP contribution in [0.5, 0.6) is 5.75 Å². The number of benzene rings is 1. The lowest BCUT2D eigenvalue weighted by molar-refractivity contribution is -0.171. The number of rotatable bonds is 9. The van der Waals surface area contributed by atoms with Gasteiger partial charge in [0.25, 0.3) is 0 Å². The highest BCUT2D eigenvalue weighted by atomic mass is 16.5. The minimum atomic E-state index is -1.70. The SMILES string of the molecule is C=CCOC(=O)[C@H]1C(=O)C[C@@](C)(O)[C@H](C(=O)OCC=C)[C@H]1c1ccc(OCC)cc1. The lowest BCUT2D eigenvalue weighted by Crippen LogP contribution is -2.55. The average molecular weight is 416 g/mol.